The van der Waals surface area contributed by atoms with Crippen LogP contribution >= 0.6 is 11.6 Å². The molecule has 1 aromatic heterocycles. The predicted molar refractivity (Wildman–Crippen MR) is 44.2 cm³/mol. The summed E-state index contributed by atoms with van der Waals surface area (Å²) in [6.07, 6.45) is -13.7. The van der Waals surface area contributed by atoms with Gasteiger partial charge in [-0.15, -0.1) is 0 Å². The van der Waals surface area contributed by atoms with Gasteiger partial charge >= 0.3 is 12.4 Å². The molecule has 1 N–H and O–H groups in total. The molecule has 0 fully saturated rings. The molecule has 98 valence electrons. The zero-order valence-electron chi connectivity index (χ0n) is 8.06. The molecule has 0 aliphatic heterocycles. The molecule has 1 atom stereocenters. The first-order valence-corrected chi connectivity index (χ1v) is 4.38. The van der Waals surface area contributed by atoms with E-state index in [1.165, 1.54) is 0 Å². The summed E-state index contributed by atoms with van der Waals surface area (Å²) in [5.74, 6) is 0. The van der Waals surface area contributed by atoms with Crippen LogP contribution in [0.2, 0.25) is 5.15 Å². The van der Waals surface area contributed by atoms with Gasteiger partial charge in [0.25, 0.3) is 0 Å². The van der Waals surface area contributed by atoms with Crippen LogP contribution in [0.15, 0.2) is 0 Å². The van der Waals surface area contributed by atoms with E-state index in [0.29, 0.717) is 4.68 Å². The molecule has 0 aromatic carbocycles. The Morgan fingerprint density at radius 3 is 2.06 bits per heavy atom. The molecule has 1 rings (SSSR count). The largest absolute Gasteiger partial charge is 0.435 e. The standard InChI is InChI=1S/C7H5ClF6N2O/c1-16-5(8)2(4(17)7(12,13)14)3(15-16)6(9,10)11/h4,17H,1H3. The Balaban J connectivity index is 3.42. The van der Waals surface area contributed by atoms with Crippen LogP contribution < -0.4 is 0 Å². The number of hydrogen-bond donors (Lipinski definition) is 1. The summed E-state index contributed by atoms with van der Waals surface area (Å²) in [5.41, 5.74) is -3.34. The van der Waals surface area contributed by atoms with E-state index in [-0.39, 0.29) is 0 Å². The van der Waals surface area contributed by atoms with Gasteiger partial charge in [0, 0.05) is 7.05 Å². The Kier molecular flexibility index (Phi) is 3.36. The minimum Gasteiger partial charge on any atom is -0.379 e. The smallest absolute Gasteiger partial charge is 0.379 e. The number of nitrogens with zero attached hydrogens (tertiary/aromatic N) is 2. The van der Waals surface area contributed by atoms with Crippen molar-refractivity contribution in [2.45, 2.75) is 18.5 Å². The van der Waals surface area contributed by atoms with Crippen molar-refractivity contribution in [3.63, 3.8) is 0 Å². The lowest BCUT2D eigenvalue weighted by atomic mass is 10.1. The minimum atomic E-state index is -5.26. The van der Waals surface area contributed by atoms with Gasteiger partial charge in [0.1, 0.15) is 5.15 Å². The van der Waals surface area contributed by atoms with Crippen molar-refractivity contribution in [3.8, 4) is 0 Å². The van der Waals surface area contributed by atoms with Gasteiger partial charge in [-0.2, -0.15) is 31.4 Å². The summed E-state index contributed by atoms with van der Waals surface area (Å²) in [7, 11) is 0.935. The van der Waals surface area contributed by atoms with Gasteiger partial charge in [-0.3, -0.25) is 4.68 Å². The third-order valence-corrected chi connectivity index (χ3v) is 2.31. The highest BCUT2D eigenvalue weighted by molar-refractivity contribution is 6.30. The number of aromatic nitrogens is 2. The number of aryl methyl sites for hydroxylation is 1. The summed E-state index contributed by atoms with van der Waals surface area (Å²) in [5, 5.41) is 10.7. The third-order valence-electron chi connectivity index (χ3n) is 1.86. The minimum absolute atomic E-state index is 0.411. The van der Waals surface area contributed by atoms with E-state index < -0.39 is 34.9 Å². The van der Waals surface area contributed by atoms with E-state index in [2.05, 4.69) is 5.10 Å². The fourth-order valence-corrected chi connectivity index (χ4v) is 1.37. The average molecular weight is 283 g/mol. The van der Waals surface area contributed by atoms with Crippen molar-refractivity contribution in [3.05, 3.63) is 16.4 Å². The Hall–Kier alpha value is -0.960. The van der Waals surface area contributed by atoms with Gasteiger partial charge in [0.2, 0.25) is 0 Å². The Morgan fingerprint density at radius 1 is 1.24 bits per heavy atom. The maximum Gasteiger partial charge on any atom is 0.435 e. The number of aliphatic hydroxyl groups excluding tert-OH is 1. The van der Waals surface area contributed by atoms with Gasteiger partial charge in [-0.1, -0.05) is 11.6 Å². The quantitative estimate of drug-likeness (QED) is 0.804. The van der Waals surface area contributed by atoms with Gasteiger partial charge in [0.05, 0.1) is 5.56 Å². The SMILES string of the molecule is Cn1nc(C(F)(F)F)c(C(O)C(F)(F)F)c1Cl. The molecule has 0 aliphatic rings. The van der Waals surface area contributed by atoms with Crippen molar-refractivity contribution in [1.29, 1.82) is 0 Å². The Bertz CT molecular complexity index is 423. The molecule has 0 aliphatic carbocycles. The molecule has 3 nitrogen and oxygen atoms in total. The highest BCUT2D eigenvalue weighted by Gasteiger charge is 2.48. The van der Waals surface area contributed by atoms with Crippen LogP contribution in [-0.2, 0) is 13.2 Å². The molecule has 1 unspecified atom stereocenters. The fourth-order valence-electron chi connectivity index (χ4n) is 1.14. The van der Waals surface area contributed by atoms with E-state index in [1.54, 1.807) is 0 Å². The highest BCUT2D eigenvalue weighted by atomic mass is 35.5. The molecular formula is C7H5ClF6N2O. The second kappa shape index (κ2) is 4.05. The Labute approximate surface area is 95.6 Å². The van der Waals surface area contributed by atoms with E-state index in [1.807, 2.05) is 0 Å². The lowest BCUT2D eigenvalue weighted by Gasteiger charge is -2.15. The first-order chi connectivity index (χ1) is 7.46. The molecule has 0 amide bonds. The number of halogens is 7. The van der Waals surface area contributed by atoms with Crippen molar-refractivity contribution >= 4 is 11.6 Å². The summed E-state index contributed by atoms with van der Waals surface area (Å²) in [6.45, 7) is 0. The second-order valence-corrected chi connectivity index (χ2v) is 3.48. The van der Waals surface area contributed by atoms with Gasteiger partial charge in [-0.05, 0) is 0 Å². The van der Waals surface area contributed by atoms with Crippen molar-refractivity contribution < 1.29 is 31.4 Å². The topological polar surface area (TPSA) is 38.0 Å². The molecule has 0 radical (unpaired) electrons. The van der Waals surface area contributed by atoms with Crippen LogP contribution in [-0.4, -0.2) is 21.1 Å². The fraction of sp³-hybridized carbons (Fsp3) is 0.571. The van der Waals surface area contributed by atoms with Gasteiger partial charge in [-0.25, -0.2) is 0 Å². The zero-order chi connectivity index (χ0) is 13.6. The number of hydrogen-bond acceptors (Lipinski definition) is 2. The first-order valence-electron chi connectivity index (χ1n) is 4.00. The van der Waals surface area contributed by atoms with Crippen LogP contribution in [0.1, 0.15) is 17.4 Å². The van der Waals surface area contributed by atoms with Crippen molar-refractivity contribution in [2.75, 3.05) is 0 Å². The van der Waals surface area contributed by atoms with E-state index in [9.17, 15) is 26.3 Å². The maximum absolute atomic E-state index is 12.4. The lowest BCUT2D eigenvalue weighted by molar-refractivity contribution is -0.209. The first kappa shape index (κ1) is 14.1. The highest BCUT2D eigenvalue weighted by Crippen LogP contribution is 2.42. The van der Waals surface area contributed by atoms with Crippen molar-refractivity contribution in [2.24, 2.45) is 7.05 Å². The van der Waals surface area contributed by atoms with Gasteiger partial charge < -0.3 is 5.11 Å². The summed E-state index contributed by atoms with van der Waals surface area (Å²) in [4.78, 5) is 0. The van der Waals surface area contributed by atoms with Crippen molar-refractivity contribution in [1.82, 2.24) is 9.78 Å². The summed E-state index contributed by atoms with van der Waals surface area (Å²) >= 11 is 5.26. The van der Waals surface area contributed by atoms with E-state index >= 15 is 0 Å². The molecular weight excluding hydrogens is 278 g/mol. The van der Waals surface area contributed by atoms with E-state index in [4.69, 9.17) is 16.7 Å². The van der Waals surface area contributed by atoms with Gasteiger partial charge in [0.15, 0.2) is 11.8 Å². The summed E-state index contributed by atoms with van der Waals surface area (Å²) < 4.78 is 74.1. The number of alkyl halides is 6. The van der Waals surface area contributed by atoms with E-state index in [0.717, 1.165) is 7.05 Å². The molecule has 0 saturated heterocycles. The molecule has 1 heterocycles. The lowest BCUT2D eigenvalue weighted by Crippen LogP contribution is -2.23. The number of rotatable bonds is 1. The van der Waals surface area contributed by atoms with Crippen LogP contribution in [0.4, 0.5) is 26.3 Å². The monoisotopic (exact) mass is 282 g/mol. The Morgan fingerprint density at radius 2 is 1.71 bits per heavy atom. The van der Waals surface area contributed by atoms with Crippen LogP contribution in [0.3, 0.4) is 0 Å². The third kappa shape index (κ3) is 2.65. The van der Waals surface area contributed by atoms with Crippen LogP contribution in [0, 0.1) is 0 Å². The second-order valence-electron chi connectivity index (χ2n) is 3.12. The normalized spacial score (nSPS) is 15.1. The molecule has 0 saturated carbocycles. The molecule has 10 heteroatoms. The zero-order valence-corrected chi connectivity index (χ0v) is 8.82. The molecule has 0 bridgehead atoms. The maximum atomic E-state index is 12.4. The molecule has 1 aromatic rings. The van der Waals surface area contributed by atoms with Crippen LogP contribution in [0.5, 0.6) is 0 Å². The number of aliphatic hydroxyl groups is 1. The average Bonchev–Trinajstić information content (AvgIpc) is 2.40. The molecule has 17 heavy (non-hydrogen) atoms. The predicted octanol–water partition coefficient (Wildman–Crippen LogP) is 2.69. The van der Waals surface area contributed by atoms with Crippen LogP contribution in [0.25, 0.3) is 0 Å². The summed E-state index contributed by atoms with van der Waals surface area (Å²) in [6, 6.07) is 0. The molecule has 0 spiro atoms.